The van der Waals surface area contributed by atoms with E-state index < -0.39 is 0 Å². The van der Waals surface area contributed by atoms with Crippen LogP contribution in [0.3, 0.4) is 0 Å². The molecule has 0 bridgehead atoms. The van der Waals surface area contributed by atoms with E-state index in [4.69, 9.17) is 9.47 Å². The predicted octanol–water partition coefficient (Wildman–Crippen LogP) is 4.50. The van der Waals surface area contributed by atoms with Crippen molar-refractivity contribution in [3.05, 3.63) is 56.6 Å². The van der Waals surface area contributed by atoms with E-state index in [0.29, 0.717) is 23.6 Å². The number of hydrogen-bond donors (Lipinski definition) is 1. The summed E-state index contributed by atoms with van der Waals surface area (Å²) in [6.07, 6.45) is 1.61. The van der Waals surface area contributed by atoms with Crippen LogP contribution in [0.25, 0.3) is 11.3 Å². The monoisotopic (exact) mass is 461 g/mol. The molecule has 8 heteroatoms. The van der Waals surface area contributed by atoms with Gasteiger partial charge in [0.25, 0.3) is 0 Å². The SMILES string of the molecule is CCN=c1scc(-c2ccc(OC)cc2OC)n1N=Cc1cc(Br)ccc1O. The number of aromatic hydroxyl groups is 1. The normalized spacial score (nSPS) is 11.9. The predicted molar refractivity (Wildman–Crippen MR) is 116 cm³/mol. The second-order valence-electron chi connectivity index (χ2n) is 5.70. The molecule has 28 heavy (non-hydrogen) atoms. The second-order valence-corrected chi connectivity index (χ2v) is 7.46. The molecule has 1 heterocycles. The molecule has 0 amide bonds. The highest BCUT2D eigenvalue weighted by Crippen LogP contribution is 2.33. The highest BCUT2D eigenvalue weighted by molar-refractivity contribution is 9.10. The van der Waals surface area contributed by atoms with Crippen molar-refractivity contribution in [2.45, 2.75) is 6.92 Å². The standard InChI is InChI=1S/C20H20BrN3O3S/c1-4-22-20-24(23-11-13-9-14(21)5-8-18(13)25)17(12-28-20)16-7-6-15(26-2)10-19(16)27-3/h5-12,25H,4H2,1-3H3. The summed E-state index contributed by atoms with van der Waals surface area (Å²) in [4.78, 5) is 5.28. The Balaban J connectivity index is 2.14. The molecule has 0 aliphatic heterocycles. The van der Waals surface area contributed by atoms with E-state index in [1.54, 1.807) is 43.3 Å². The number of thiazole rings is 1. The summed E-state index contributed by atoms with van der Waals surface area (Å²) in [5.74, 6) is 1.54. The lowest BCUT2D eigenvalue weighted by atomic mass is 10.1. The maximum Gasteiger partial charge on any atom is 0.206 e. The summed E-state index contributed by atoms with van der Waals surface area (Å²) in [7, 11) is 3.24. The Morgan fingerprint density at radius 3 is 2.71 bits per heavy atom. The highest BCUT2D eigenvalue weighted by Gasteiger charge is 2.13. The summed E-state index contributed by atoms with van der Waals surface area (Å²) < 4.78 is 13.4. The Morgan fingerprint density at radius 2 is 2.00 bits per heavy atom. The minimum Gasteiger partial charge on any atom is -0.507 e. The van der Waals surface area contributed by atoms with E-state index in [0.717, 1.165) is 20.5 Å². The third-order valence-corrected chi connectivity index (χ3v) is 5.31. The molecule has 3 aromatic rings. The zero-order valence-electron chi connectivity index (χ0n) is 15.7. The number of phenols is 1. The molecular formula is C20H20BrN3O3S. The first-order valence-electron chi connectivity index (χ1n) is 8.53. The Bertz CT molecular complexity index is 1070. The van der Waals surface area contributed by atoms with E-state index in [1.165, 1.54) is 11.3 Å². The lowest BCUT2D eigenvalue weighted by Gasteiger charge is -2.11. The number of ether oxygens (including phenoxy) is 2. The molecule has 0 radical (unpaired) electrons. The summed E-state index contributed by atoms with van der Waals surface area (Å²) in [6.45, 7) is 2.61. The minimum absolute atomic E-state index is 0.153. The number of aromatic nitrogens is 1. The molecular weight excluding hydrogens is 442 g/mol. The molecule has 1 N–H and O–H groups in total. The van der Waals surface area contributed by atoms with Gasteiger partial charge in [0.15, 0.2) is 0 Å². The molecule has 0 saturated carbocycles. The van der Waals surface area contributed by atoms with Gasteiger partial charge in [0.1, 0.15) is 17.2 Å². The van der Waals surface area contributed by atoms with Crippen LogP contribution in [0.5, 0.6) is 17.2 Å². The number of benzene rings is 2. The molecule has 0 spiro atoms. The van der Waals surface area contributed by atoms with E-state index in [1.807, 2.05) is 30.5 Å². The quantitative estimate of drug-likeness (QED) is 0.549. The molecule has 0 fully saturated rings. The van der Waals surface area contributed by atoms with Gasteiger partial charge in [-0.2, -0.15) is 5.10 Å². The van der Waals surface area contributed by atoms with Crippen molar-refractivity contribution in [2.75, 3.05) is 20.8 Å². The highest BCUT2D eigenvalue weighted by atomic mass is 79.9. The average molecular weight is 462 g/mol. The van der Waals surface area contributed by atoms with Gasteiger partial charge >= 0.3 is 0 Å². The van der Waals surface area contributed by atoms with Crippen LogP contribution in [0, 0.1) is 0 Å². The van der Waals surface area contributed by atoms with Crippen LogP contribution in [0.4, 0.5) is 0 Å². The first-order valence-corrected chi connectivity index (χ1v) is 10.2. The van der Waals surface area contributed by atoms with Crippen LogP contribution < -0.4 is 14.3 Å². The number of phenolic OH excluding ortho intramolecular Hbond substituents is 1. The molecule has 6 nitrogen and oxygen atoms in total. The minimum atomic E-state index is 0.153. The van der Waals surface area contributed by atoms with Crippen molar-refractivity contribution in [2.24, 2.45) is 10.1 Å². The zero-order valence-corrected chi connectivity index (χ0v) is 18.1. The topological polar surface area (TPSA) is 68.3 Å². The Labute approximate surface area is 175 Å². The van der Waals surface area contributed by atoms with Gasteiger partial charge in [0, 0.05) is 33.6 Å². The first kappa shape index (κ1) is 20.2. The fraction of sp³-hybridized carbons (Fsp3) is 0.200. The molecule has 1 aromatic heterocycles. The lowest BCUT2D eigenvalue weighted by molar-refractivity contribution is 0.395. The number of hydrogen-bond acceptors (Lipinski definition) is 6. The van der Waals surface area contributed by atoms with Gasteiger partial charge in [-0.15, -0.1) is 11.3 Å². The van der Waals surface area contributed by atoms with Gasteiger partial charge in [-0.3, -0.25) is 4.99 Å². The average Bonchev–Trinajstić information content (AvgIpc) is 3.10. The van der Waals surface area contributed by atoms with E-state index in [-0.39, 0.29) is 5.75 Å². The fourth-order valence-electron chi connectivity index (χ4n) is 2.60. The number of methoxy groups -OCH3 is 2. The van der Waals surface area contributed by atoms with E-state index in [9.17, 15) is 5.11 Å². The van der Waals surface area contributed by atoms with Gasteiger partial charge in [0.05, 0.1) is 26.1 Å². The van der Waals surface area contributed by atoms with Crippen LogP contribution in [0.1, 0.15) is 12.5 Å². The molecule has 0 atom stereocenters. The Kier molecular flexibility index (Phi) is 6.53. The second kappa shape index (κ2) is 9.07. The summed E-state index contributed by atoms with van der Waals surface area (Å²) >= 11 is 4.90. The number of nitrogens with zero attached hydrogens (tertiary/aromatic N) is 3. The van der Waals surface area contributed by atoms with Gasteiger partial charge < -0.3 is 14.6 Å². The van der Waals surface area contributed by atoms with Crippen molar-refractivity contribution < 1.29 is 14.6 Å². The van der Waals surface area contributed by atoms with Gasteiger partial charge in [-0.1, -0.05) is 15.9 Å². The fourth-order valence-corrected chi connectivity index (χ4v) is 3.87. The third-order valence-electron chi connectivity index (χ3n) is 3.97. The van der Waals surface area contributed by atoms with Crippen LogP contribution in [0.2, 0.25) is 0 Å². The van der Waals surface area contributed by atoms with Crippen molar-refractivity contribution in [3.8, 4) is 28.5 Å². The van der Waals surface area contributed by atoms with Gasteiger partial charge in [-0.25, -0.2) is 4.68 Å². The van der Waals surface area contributed by atoms with Crippen LogP contribution in [-0.4, -0.2) is 36.8 Å². The summed E-state index contributed by atoms with van der Waals surface area (Å²) in [5, 5.41) is 16.7. The summed E-state index contributed by atoms with van der Waals surface area (Å²) in [6, 6.07) is 10.8. The first-order chi connectivity index (χ1) is 13.6. The number of rotatable bonds is 6. The van der Waals surface area contributed by atoms with Gasteiger partial charge in [-0.05, 0) is 37.3 Å². The third kappa shape index (κ3) is 4.28. The Morgan fingerprint density at radius 1 is 1.18 bits per heavy atom. The summed E-state index contributed by atoms with van der Waals surface area (Å²) in [5.41, 5.74) is 2.30. The molecule has 3 rings (SSSR count). The maximum atomic E-state index is 10.1. The number of halogens is 1. The smallest absolute Gasteiger partial charge is 0.206 e. The molecule has 0 aliphatic rings. The molecule has 0 unspecified atom stereocenters. The molecule has 146 valence electrons. The van der Waals surface area contributed by atoms with Crippen LogP contribution >= 0.6 is 27.3 Å². The van der Waals surface area contributed by atoms with Crippen molar-refractivity contribution in [3.63, 3.8) is 0 Å². The van der Waals surface area contributed by atoms with Crippen molar-refractivity contribution in [1.29, 1.82) is 0 Å². The zero-order chi connectivity index (χ0) is 20.1. The van der Waals surface area contributed by atoms with Crippen LogP contribution in [0.15, 0.2) is 56.3 Å². The lowest BCUT2D eigenvalue weighted by Crippen LogP contribution is -2.12. The van der Waals surface area contributed by atoms with Crippen molar-refractivity contribution >= 4 is 33.5 Å². The largest absolute Gasteiger partial charge is 0.507 e. The Hall–Kier alpha value is -2.58. The van der Waals surface area contributed by atoms with Crippen molar-refractivity contribution in [1.82, 2.24) is 4.68 Å². The molecule has 2 aromatic carbocycles. The van der Waals surface area contributed by atoms with E-state index in [2.05, 4.69) is 26.0 Å². The van der Waals surface area contributed by atoms with Crippen LogP contribution in [-0.2, 0) is 0 Å². The maximum absolute atomic E-state index is 10.1. The van der Waals surface area contributed by atoms with E-state index >= 15 is 0 Å². The van der Waals surface area contributed by atoms with Gasteiger partial charge in [0.2, 0.25) is 4.80 Å². The molecule has 0 aliphatic carbocycles. The molecule has 0 saturated heterocycles.